The third kappa shape index (κ3) is 2.27. The minimum absolute atomic E-state index is 0.0761. The number of carbonyl (C=O) groups excluding carboxylic acids is 1. The van der Waals surface area contributed by atoms with Crippen LogP contribution in [0.3, 0.4) is 0 Å². The second-order valence-corrected chi connectivity index (χ2v) is 3.54. The number of aromatic nitrogens is 2. The average Bonchev–Trinajstić information content (AvgIpc) is 2.65. The smallest absolute Gasteiger partial charge is 0.225 e. The number of alkyl halides is 1. The van der Waals surface area contributed by atoms with Gasteiger partial charge in [-0.1, -0.05) is 0 Å². The fraction of sp³-hybridized carbons (Fsp3) is 0.200. The van der Waals surface area contributed by atoms with Crippen LogP contribution in [0.5, 0.6) is 0 Å². The number of hydrogen-bond donors (Lipinski definition) is 2. The van der Waals surface area contributed by atoms with Gasteiger partial charge in [-0.2, -0.15) is 5.10 Å². The number of H-pyrrole nitrogens is 1. The summed E-state index contributed by atoms with van der Waals surface area (Å²) < 4.78 is 0. The summed E-state index contributed by atoms with van der Waals surface area (Å²) in [5, 5.41) is 10.5. The maximum absolute atomic E-state index is 11.3. The molecule has 0 spiro atoms. The molecule has 1 amide bonds. The first-order valence-electron chi connectivity index (χ1n) is 4.58. The van der Waals surface area contributed by atoms with Crippen LogP contribution in [-0.4, -0.2) is 22.0 Å². The Labute approximate surface area is 91.6 Å². The third-order valence-electron chi connectivity index (χ3n) is 2.05. The third-order valence-corrected chi connectivity index (χ3v) is 2.23. The monoisotopic (exact) mass is 223 g/mol. The quantitative estimate of drug-likeness (QED) is 0.784. The van der Waals surface area contributed by atoms with E-state index in [4.69, 9.17) is 11.6 Å². The van der Waals surface area contributed by atoms with Gasteiger partial charge in [0.05, 0.1) is 11.7 Å². The molecule has 0 radical (unpaired) electrons. The molecule has 4 nitrogen and oxygen atoms in total. The normalized spacial score (nSPS) is 10.5. The zero-order valence-electron chi connectivity index (χ0n) is 7.96. The van der Waals surface area contributed by atoms with E-state index < -0.39 is 0 Å². The number of amides is 1. The van der Waals surface area contributed by atoms with E-state index in [2.05, 4.69) is 15.5 Å². The lowest BCUT2D eigenvalue weighted by atomic mass is 10.2. The van der Waals surface area contributed by atoms with Crippen molar-refractivity contribution in [3.8, 4) is 0 Å². The summed E-state index contributed by atoms with van der Waals surface area (Å²) >= 11 is 5.46. The molecule has 0 aliphatic rings. The van der Waals surface area contributed by atoms with E-state index in [1.165, 1.54) is 0 Å². The van der Waals surface area contributed by atoms with Crippen molar-refractivity contribution in [1.82, 2.24) is 10.2 Å². The summed E-state index contributed by atoms with van der Waals surface area (Å²) in [7, 11) is 0. The predicted molar refractivity (Wildman–Crippen MR) is 60.1 cm³/mol. The number of rotatable bonds is 3. The first-order chi connectivity index (χ1) is 7.29. The molecule has 0 aliphatic carbocycles. The zero-order chi connectivity index (χ0) is 10.7. The number of hydrogen-bond acceptors (Lipinski definition) is 2. The summed E-state index contributed by atoms with van der Waals surface area (Å²) in [5.74, 6) is 0.257. The highest BCUT2D eigenvalue weighted by Gasteiger charge is 2.02. The van der Waals surface area contributed by atoms with E-state index in [-0.39, 0.29) is 5.91 Å². The van der Waals surface area contributed by atoms with Gasteiger partial charge in [-0.3, -0.25) is 9.89 Å². The maximum atomic E-state index is 11.3. The van der Waals surface area contributed by atoms with Crippen molar-refractivity contribution < 1.29 is 4.79 Å². The molecular weight excluding hydrogens is 214 g/mol. The molecule has 2 rings (SSSR count). The van der Waals surface area contributed by atoms with Crippen molar-refractivity contribution in [1.29, 1.82) is 0 Å². The molecule has 0 bridgehead atoms. The van der Waals surface area contributed by atoms with Gasteiger partial charge in [-0.05, 0) is 18.2 Å². The SMILES string of the molecule is O=C(CCCl)Nc1ccc2[nH]ncc2c1. The molecule has 0 unspecified atom stereocenters. The Morgan fingerprint density at radius 3 is 3.20 bits per heavy atom. The highest BCUT2D eigenvalue weighted by atomic mass is 35.5. The van der Waals surface area contributed by atoms with E-state index in [9.17, 15) is 4.79 Å². The summed E-state index contributed by atoms with van der Waals surface area (Å²) in [6.07, 6.45) is 2.04. The Hall–Kier alpha value is -1.55. The Balaban J connectivity index is 2.17. The molecule has 2 N–H and O–H groups in total. The van der Waals surface area contributed by atoms with Crippen LogP contribution in [0.25, 0.3) is 10.9 Å². The van der Waals surface area contributed by atoms with Crippen LogP contribution in [0.2, 0.25) is 0 Å². The fourth-order valence-corrected chi connectivity index (χ4v) is 1.50. The van der Waals surface area contributed by atoms with Crippen molar-refractivity contribution in [3.63, 3.8) is 0 Å². The fourth-order valence-electron chi connectivity index (χ4n) is 1.33. The molecule has 15 heavy (non-hydrogen) atoms. The highest BCUT2D eigenvalue weighted by molar-refractivity contribution is 6.19. The van der Waals surface area contributed by atoms with Gasteiger partial charge in [0.15, 0.2) is 0 Å². The van der Waals surface area contributed by atoms with Crippen LogP contribution in [0.4, 0.5) is 5.69 Å². The van der Waals surface area contributed by atoms with Crippen LogP contribution in [0, 0.1) is 0 Å². The topological polar surface area (TPSA) is 57.8 Å². The number of nitrogens with one attached hydrogen (secondary N) is 2. The number of aromatic amines is 1. The Morgan fingerprint density at radius 1 is 1.53 bits per heavy atom. The summed E-state index contributed by atoms with van der Waals surface area (Å²) in [5.41, 5.74) is 1.71. The number of halogens is 1. The summed E-state index contributed by atoms with van der Waals surface area (Å²) in [4.78, 5) is 11.3. The first kappa shape index (κ1) is 9.98. The van der Waals surface area contributed by atoms with Gasteiger partial charge in [0.25, 0.3) is 0 Å². The van der Waals surface area contributed by atoms with Crippen molar-refractivity contribution in [2.24, 2.45) is 0 Å². The van der Waals surface area contributed by atoms with Gasteiger partial charge in [0.2, 0.25) is 5.91 Å². The van der Waals surface area contributed by atoms with Crippen LogP contribution < -0.4 is 5.32 Å². The second kappa shape index (κ2) is 4.31. The van der Waals surface area contributed by atoms with Gasteiger partial charge in [-0.25, -0.2) is 0 Å². The number of fused-ring (bicyclic) bond motifs is 1. The van der Waals surface area contributed by atoms with Crippen LogP contribution in [0.1, 0.15) is 6.42 Å². The predicted octanol–water partition coefficient (Wildman–Crippen LogP) is 2.13. The van der Waals surface area contributed by atoms with Gasteiger partial charge in [-0.15, -0.1) is 11.6 Å². The van der Waals surface area contributed by atoms with Crippen LogP contribution in [0.15, 0.2) is 24.4 Å². The number of nitrogens with zero attached hydrogens (tertiary/aromatic N) is 1. The van der Waals surface area contributed by atoms with E-state index in [0.29, 0.717) is 12.3 Å². The molecule has 78 valence electrons. The average molecular weight is 224 g/mol. The second-order valence-electron chi connectivity index (χ2n) is 3.16. The van der Waals surface area contributed by atoms with Crippen molar-refractivity contribution in [3.05, 3.63) is 24.4 Å². The van der Waals surface area contributed by atoms with E-state index in [0.717, 1.165) is 16.6 Å². The molecule has 1 aromatic heterocycles. The van der Waals surface area contributed by atoms with Crippen molar-refractivity contribution in [2.45, 2.75) is 6.42 Å². The van der Waals surface area contributed by atoms with E-state index in [1.807, 2.05) is 18.2 Å². The minimum atomic E-state index is -0.0761. The lowest BCUT2D eigenvalue weighted by Crippen LogP contribution is -2.11. The van der Waals surface area contributed by atoms with Gasteiger partial charge in [0.1, 0.15) is 0 Å². The molecule has 0 saturated carbocycles. The largest absolute Gasteiger partial charge is 0.326 e. The summed E-state index contributed by atoms with van der Waals surface area (Å²) in [6.45, 7) is 0. The molecule has 0 saturated heterocycles. The number of benzene rings is 1. The van der Waals surface area contributed by atoms with Gasteiger partial charge in [0, 0.05) is 23.4 Å². The van der Waals surface area contributed by atoms with E-state index >= 15 is 0 Å². The molecule has 0 fully saturated rings. The highest BCUT2D eigenvalue weighted by Crippen LogP contribution is 2.16. The van der Waals surface area contributed by atoms with Crippen molar-refractivity contribution >= 4 is 34.1 Å². The summed E-state index contributed by atoms with van der Waals surface area (Å²) in [6, 6.07) is 5.57. The molecule has 0 atom stereocenters. The Bertz CT molecular complexity index is 480. The number of anilines is 1. The molecule has 0 aliphatic heterocycles. The van der Waals surface area contributed by atoms with Gasteiger partial charge < -0.3 is 5.32 Å². The van der Waals surface area contributed by atoms with Crippen LogP contribution in [-0.2, 0) is 4.79 Å². The molecule has 5 heteroatoms. The van der Waals surface area contributed by atoms with Gasteiger partial charge >= 0.3 is 0 Å². The molecule has 2 aromatic rings. The minimum Gasteiger partial charge on any atom is -0.326 e. The molecule has 1 heterocycles. The maximum Gasteiger partial charge on any atom is 0.225 e. The lowest BCUT2D eigenvalue weighted by Gasteiger charge is -2.03. The lowest BCUT2D eigenvalue weighted by molar-refractivity contribution is -0.115. The zero-order valence-corrected chi connectivity index (χ0v) is 8.71. The van der Waals surface area contributed by atoms with Crippen LogP contribution >= 0.6 is 11.6 Å². The first-order valence-corrected chi connectivity index (χ1v) is 5.12. The molecular formula is C10H10ClN3O. The number of carbonyl (C=O) groups is 1. The molecule has 1 aromatic carbocycles. The van der Waals surface area contributed by atoms with E-state index in [1.54, 1.807) is 6.20 Å². The standard InChI is InChI=1S/C10H10ClN3O/c11-4-3-10(15)13-8-1-2-9-7(5-8)6-12-14-9/h1-2,5-6H,3-4H2,(H,12,14)(H,13,15). The Morgan fingerprint density at radius 2 is 2.40 bits per heavy atom. The Kier molecular flexibility index (Phi) is 2.87. The van der Waals surface area contributed by atoms with Crippen molar-refractivity contribution in [2.75, 3.05) is 11.2 Å².